The van der Waals surface area contributed by atoms with Gasteiger partial charge in [-0.3, -0.25) is 4.68 Å². The number of nitrogens with zero attached hydrogens (tertiary/aromatic N) is 4. The van der Waals surface area contributed by atoms with E-state index >= 15 is 0 Å². The van der Waals surface area contributed by atoms with Crippen molar-refractivity contribution in [3.8, 4) is 5.88 Å². The lowest BCUT2D eigenvalue weighted by molar-refractivity contribution is 0.397. The maximum absolute atomic E-state index is 5.09. The van der Waals surface area contributed by atoms with Gasteiger partial charge in [-0.15, -0.1) is 0 Å². The predicted octanol–water partition coefficient (Wildman–Crippen LogP) is 1.75. The highest BCUT2D eigenvalue weighted by atomic mass is 16.5. The fourth-order valence-electron chi connectivity index (χ4n) is 1.43. The van der Waals surface area contributed by atoms with E-state index < -0.39 is 0 Å². The third-order valence-electron chi connectivity index (χ3n) is 2.25. The summed E-state index contributed by atoms with van der Waals surface area (Å²) in [5.41, 5.74) is 1.71. The zero-order chi connectivity index (χ0) is 12.3. The molecule has 0 amide bonds. The SMILES string of the molecule is CCn1cc(Nc2nc(C)cc(OC)n2)cn1. The average molecular weight is 233 g/mol. The molecule has 2 heterocycles. The monoisotopic (exact) mass is 233 g/mol. The van der Waals surface area contributed by atoms with Crippen LogP contribution in [0.1, 0.15) is 12.6 Å². The highest BCUT2D eigenvalue weighted by Gasteiger charge is 2.04. The molecular formula is C11H15N5O. The molecule has 90 valence electrons. The zero-order valence-corrected chi connectivity index (χ0v) is 10.1. The second-order valence-corrected chi connectivity index (χ2v) is 3.58. The second kappa shape index (κ2) is 4.82. The average Bonchev–Trinajstić information content (AvgIpc) is 2.76. The van der Waals surface area contributed by atoms with Crippen LogP contribution in [0.2, 0.25) is 0 Å². The van der Waals surface area contributed by atoms with E-state index in [-0.39, 0.29) is 0 Å². The van der Waals surface area contributed by atoms with Crippen LogP contribution < -0.4 is 10.1 Å². The number of ether oxygens (including phenoxy) is 1. The molecular weight excluding hydrogens is 218 g/mol. The van der Waals surface area contributed by atoms with Crippen LogP contribution in [0.5, 0.6) is 5.88 Å². The molecule has 0 saturated heterocycles. The third-order valence-corrected chi connectivity index (χ3v) is 2.25. The molecule has 0 aromatic carbocycles. The van der Waals surface area contributed by atoms with E-state index in [9.17, 15) is 0 Å². The molecule has 0 atom stereocenters. The molecule has 0 bridgehead atoms. The fraction of sp³-hybridized carbons (Fsp3) is 0.364. The van der Waals surface area contributed by atoms with E-state index in [0.717, 1.165) is 17.9 Å². The fourth-order valence-corrected chi connectivity index (χ4v) is 1.43. The number of aromatic nitrogens is 4. The van der Waals surface area contributed by atoms with Gasteiger partial charge < -0.3 is 10.1 Å². The standard InChI is InChI=1S/C11H15N5O/c1-4-16-7-9(6-12-16)14-11-13-8(2)5-10(15-11)17-3/h5-7H,4H2,1-3H3,(H,13,14,15). The van der Waals surface area contributed by atoms with Crippen LogP contribution >= 0.6 is 0 Å². The number of hydrogen-bond acceptors (Lipinski definition) is 5. The van der Waals surface area contributed by atoms with Crippen LogP contribution in [-0.2, 0) is 6.54 Å². The van der Waals surface area contributed by atoms with Crippen LogP contribution in [0.25, 0.3) is 0 Å². The van der Waals surface area contributed by atoms with Gasteiger partial charge in [-0.1, -0.05) is 0 Å². The van der Waals surface area contributed by atoms with Crippen molar-refractivity contribution in [3.05, 3.63) is 24.2 Å². The lowest BCUT2D eigenvalue weighted by Gasteiger charge is -2.05. The van der Waals surface area contributed by atoms with Crippen molar-refractivity contribution in [1.29, 1.82) is 0 Å². The molecule has 0 fully saturated rings. The summed E-state index contributed by atoms with van der Waals surface area (Å²) in [6, 6.07) is 1.78. The van der Waals surface area contributed by atoms with Crippen LogP contribution in [-0.4, -0.2) is 26.9 Å². The number of aryl methyl sites for hydroxylation is 2. The summed E-state index contributed by atoms with van der Waals surface area (Å²) < 4.78 is 6.92. The Balaban J connectivity index is 2.20. The molecule has 2 aromatic heterocycles. The summed E-state index contributed by atoms with van der Waals surface area (Å²) in [7, 11) is 1.58. The molecule has 2 aromatic rings. The third kappa shape index (κ3) is 2.72. The van der Waals surface area contributed by atoms with E-state index in [1.807, 2.05) is 24.7 Å². The van der Waals surface area contributed by atoms with Crippen LogP contribution in [0, 0.1) is 6.92 Å². The number of methoxy groups -OCH3 is 1. The highest BCUT2D eigenvalue weighted by Crippen LogP contribution is 2.15. The highest BCUT2D eigenvalue weighted by molar-refractivity contribution is 5.51. The lowest BCUT2D eigenvalue weighted by atomic mass is 10.4. The van der Waals surface area contributed by atoms with Crippen molar-refractivity contribution in [1.82, 2.24) is 19.7 Å². The van der Waals surface area contributed by atoms with E-state index in [1.54, 1.807) is 19.4 Å². The Hall–Kier alpha value is -2.11. The van der Waals surface area contributed by atoms with E-state index in [2.05, 4.69) is 20.4 Å². The molecule has 1 N–H and O–H groups in total. The summed E-state index contributed by atoms with van der Waals surface area (Å²) in [6.07, 6.45) is 3.64. The van der Waals surface area contributed by atoms with Crippen molar-refractivity contribution in [2.24, 2.45) is 0 Å². The van der Waals surface area contributed by atoms with Gasteiger partial charge in [0.1, 0.15) is 0 Å². The van der Waals surface area contributed by atoms with Gasteiger partial charge in [-0.2, -0.15) is 10.1 Å². The van der Waals surface area contributed by atoms with Crippen molar-refractivity contribution < 1.29 is 4.74 Å². The van der Waals surface area contributed by atoms with Gasteiger partial charge in [0.05, 0.1) is 19.0 Å². The van der Waals surface area contributed by atoms with Crippen molar-refractivity contribution in [3.63, 3.8) is 0 Å². The van der Waals surface area contributed by atoms with Crippen molar-refractivity contribution in [2.45, 2.75) is 20.4 Å². The topological polar surface area (TPSA) is 64.9 Å². The first-order valence-electron chi connectivity index (χ1n) is 5.40. The Morgan fingerprint density at radius 1 is 1.41 bits per heavy atom. The normalized spacial score (nSPS) is 10.3. The first-order valence-corrected chi connectivity index (χ1v) is 5.40. The minimum absolute atomic E-state index is 0.512. The quantitative estimate of drug-likeness (QED) is 0.871. The molecule has 0 spiro atoms. The minimum Gasteiger partial charge on any atom is -0.481 e. The van der Waals surface area contributed by atoms with Crippen LogP contribution in [0.15, 0.2) is 18.5 Å². The maximum atomic E-state index is 5.09. The summed E-state index contributed by atoms with van der Waals surface area (Å²) in [4.78, 5) is 8.47. The number of anilines is 2. The Morgan fingerprint density at radius 2 is 2.24 bits per heavy atom. The first-order chi connectivity index (χ1) is 8.21. The maximum Gasteiger partial charge on any atom is 0.230 e. The Morgan fingerprint density at radius 3 is 2.88 bits per heavy atom. The van der Waals surface area contributed by atoms with Gasteiger partial charge in [0.25, 0.3) is 0 Å². The van der Waals surface area contributed by atoms with Gasteiger partial charge in [0.15, 0.2) is 0 Å². The number of nitrogens with one attached hydrogen (secondary N) is 1. The van der Waals surface area contributed by atoms with Crippen LogP contribution in [0.4, 0.5) is 11.6 Å². The van der Waals surface area contributed by atoms with Gasteiger partial charge in [-0.05, 0) is 13.8 Å². The molecule has 0 radical (unpaired) electrons. The molecule has 0 aliphatic heterocycles. The Bertz CT molecular complexity index is 508. The van der Waals surface area contributed by atoms with Gasteiger partial charge in [-0.25, -0.2) is 4.98 Å². The molecule has 0 aliphatic carbocycles. The largest absolute Gasteiger partial charge is 0.481 e. The van der Waals surface area contributed by atoms with Gasteiger partial charge in [0, 0.05) is 24.5 Å². The lowest BCUT2D eigenvalue weighted by Crippen LogP contribution is -2.00. The molecule has 0 saturated carbocycles. The van der Waals surface area contributed by atoms with Crippen molar-refractivity contribution >= 4 is 11.6 Å². The summed E-state index contributed by atoms with van der Waals surface area (Å²) in [6.45, 7) is 4.76. The Kier molecular flexibility index (Phi) is 3.22. The summed E-state index contributed by atoms with van der Waals surface area (Å²) >= 11 is 0. The van der Waals surface area contributed by atoms with Crippen molar-refractivity contribution in [2.75, 3.05) is 12.4 Å². The summed E-state index contributed by atoms with van der Waals surface area (Å²) in [5, 5.41) is 7.25. The molecule has 0 aliphatic rings. The van der Waals surface area contributed by atoms with E-state index in [1.165, 1.54) is 0 Å². The zero-order valence-electron chi connectivity index (χ0n) is 10.1. The number of hydrogen-bond donors (Lipinski definition) is 1. The molecule has 6 heteroatoms. The van der Waals surface area contributed by atoms with Crippen LogP contribution in [0.3, 0.4) is 0 Å². The Labute approximate surface area is 99.7 Å². The summed E-state index contributed by atoms with van der Waals surface area (Å²) in [5.74, 6) is 1.06. The molecule has 6 nitrogen and oxygen atoms in total. The van der Waals surface area contributed by atoms with Gasteiger partial charge >= 0.3 is 0 Å². The molecule has 0 unspecified atom stereocenters. The smallest absolute Gasteiger partial charge is 0.230 e. The predicted molar refractivity (Wildman–Crippen MR) is 64.5 cm³/mol. The first kappa shape index (κ1) is 11.4. The minimum atomic E-state index is 0.512. The number of rotatable bonds is 4. The second-order valence-electron chi connectivity index (χ2n) is 3.58. The van der Waals surface area contributed by atoms with E-state index in [0.29, 0.717) is 11.8 Å². The van der Waals surface area contributed by atoms with E-state index in [4.69, 9.17) is 4.74 Å². The molecule has 2 rings (SSSR count). The van der Waals surface area contributed by atoms with Gasteiger partial charge in [0.2, 0.25) is 11.8 Å². The molecule has 17 heavy (non-hydrogen) atoms.